The molecule has 0 aromatic carbocycles. The van der Waals surface area contributed by atoms with Crippen molar-refractivity contribution in [1.82, 2.24) is 4.90 Å². The van der Waals surface area contributed by atoms with Crippen LogP contribution in [-0.4, -0.2) is 43.1 Å². The van der Waals surface area contributed by atoms with Crippen molar-refractivity contribution in [3.8, 4) is 0 Å². The zero-order valence-corrected chi connectivity index (χ0v) is 10.9. The molecule has 0 aliphatic carbocycles. The average Bonchev–Trinajstić information content (AvgIpc) is 2.21. The van der Waals surface area contributed by atoms with Crippen LogP contribution in [0.25, 0.3) is 0 Å². The Balaban J connectivity index is 3.74. The highest BCUT2D eigenvalue weighted by molar-refractivity contribution is 7.98. The van der Waals surface area contributed by atoms with E-state index in [1.807, 2.05) is 11.8 Å². The molecule has 2 atom stereocenters. The Morgan fingerprint density at radius 1 is 1.43 bits per heavy atom. The molecule has 0 saturated carbocycles. The number of rotatable bonds is 8. The molecule has 86 valence electrons. The summed E-state index contributed by atoms with van der Waals surface area (Å²) < 4.78 is 0. The van der Waals surface area contributed by atoms with E-state index in [0.717, 1.165) is 13.1 Å². The Kier molecular flexibility index (Phi) is 8.73. The number of hydrogen-bond donors (Lipinski definition) is 1. The van der Waals surface area contributed by atoms with Gasteiger partial charge in [-0.2, -0.15) is 11.8 Å². The molecule has 0 rings (SSSR count). The maximum atomic E-state index is 5.70. The highest BCUT2D eigenvalue weighted by atomic mass is 32.2. The first kappa shape index (κ1) is 14.3. The van der Waals surface area contributed by atoms with Gasteiger partial charge in [0.05, 0.1) is 0 Å². The highest BCUT2D eigenvalue weighted by Gasteiger charge is 2.12. The van der Waals surface area contributed by atoms with Crippen molar-refractivity contribution in [2.45, 2.75) is 32.7 Å². The lowest BCUT2D eigenvalue weighted by Gasteiger charge is -2.28. The summed E-state index contributed by atoms with van der Waals surface area (Å²) in [5.74, 6) is 1.92. The van der Waals surface area contributed by atoms with Gasteiger partial charge >= 0.3 is 0 Å². The average molecular weight is 218 g/mol. The molecule has 0 aliphatic heterocycles. The van der Waals surface area contributed by atoms with Crippen molar-refractivity contribution >= 4 is 11.8 Å². The van der Waals surface area contributed by atoms with E-state index in [9.17, 15) is 0 Å². The van der Waals surface area contributed by atoms with Crippen molar-refractivity contribution < 1.29 is 0 Å². The first-order valence-corrected chi connectivity index (χ1v) is 6.94. The zero-order chi connectivity index (χ0) is 11.0. The van der Waals surface area contributed by atoms with Crippen molar-refractivity contribution in [3.05, 3.63) is 0 Å². The SMILES string of the molecule is CCC(CN)CN(C)C(C)CCSC. The molecule has 0 aliphatic rings. The molecule has 0 heterocycles. The van der Waals surface area contributed by atoms with Gasteiger partial charge in [0, 0.05) is 12.6 Å². The van der Waals surface area contributed by atoms with Crippen molar-refractivity contribution in [2.24, 2.45) is 11.7 Å². The largest absolute Gasteiger partial charge is 0.330 e. The zero-order valence-electron chi connectivity index (χ0n) is 10.1. The molecule has 2 unspecified atom stereocenters. The fourth-order valence-corrected chi connectivity index (χ4v) is 2.04. The summed E-state index contributed by atoms with van der Waals surface area (Å²) in [6.45, 7) is 6.48. The van der Waals surface area contributed by atoms with Crippen LogP contribution in [0.3, 0.4) is 0 Å². The van der Waals surface area contributed by atoms with E-state index >= 15 is 0 Å². The second-order valence-electron chi connectivity index (χ2n) is 4.08. The molecule has 0 saturated heterocycles. The Labute approximate surface area is 93.6 Å². The van der Waals surface area contributed by atoms with E-state index in [-0.39, 0.29) is 0 Å². The number of nitrogens with two attached hydrogens (primary N) is 1. The second-order valence-corrected chi connectivity index (χ2v) is 5.07. The molecule has 0 aromatic rings. The van der Waals surface area contributed by atoms with Crippen LogP contribution in [0.4, 0.5) is 0 Å². The molecule has 0 fully saturated rings. The van der Waals surface area contributed by atoms with Crippen LogP contribution in [0.1, 0.15) is 26.7 Å². The molecule has 2 nitrogen and oxygen atoms in total. The fourth-order valence-electron chi connectivity index (χ4n) is 1.47. The predicted octanol–water partition coefficient (Wildman–Crippen LogP) is 2.04. The van der Waals surface area contributed by atoms with Crippen molar-refractivity contribution in [2.75, 3.05) is 32.1 Å². The van der Waals surface area contributed by atoms with Gasteiger partial charge in [-0.3, -0.25) is 0 Å². The van der Waals surface area contributed by atoms with Crippen LogP contribution in [0.2, 0.25) is 0 Å². The third-order valence-electron chi connectivity index (χ3n) is 2.95. The summed E-state index contributed by atoms with van der Waals surface area (Å²) in [5, 5.41) is 0. The smallest absolute Gasteiger partial charge is 0.00718 e. The molecule has 0 bridgehead atoms. The van der Waals surface area contributed by atoms with Crippen molar-refractivity contribution in [1.29, 1.82) is 0 Å². The Hall–Kier alpha value is 0.270. The molecule has 2 N–H and O–H groups in total. The lowest BCUT2D eigenvalue weighted by Crippen LogP contribution is -2.36. The summed E-state index contributed by atoms with van der Waals surface area (Å²) in [6, 6.07) is 0.683. The fraction of sp³-hybridized carbons (Fsp3) is 1.00. The second kappa shape index (κ2) is 8.57. The van der Waals surface area contributed by atoms with Crippen LogP contribution in [0, 0.1) is 5.92 Å². The van der Waals surface area contributed by atoms with Gasteiger partial charge in [0.2, 0.25) is 0 Å². The summed E-state index contributed by atoms with van der Waals surface area (Å²) in [6.07, 6.45) is 4.64. The van der Waals surface area contributed by atoms with Crippen LogP contribution < -0.4 is 5.73 Å². The van der Waals surface area contributed by atoms with Gasteiger partial charge in [-0.05, 0) is 44.9 Å². The molecular weight excluding hydrogens is 192 g/mol. The monoisotopic (exact) mass is 218 g/mol. The first-order chi connectivity index (χ1) is 6.65. The van der Waals surface area contributed by atoms with Crippen LogP contribution in [0.15, 0.2) is 0 Å². The van der Waals surface area contributed by atoms with Crippen LogP contribution in [-0.2, 0) is 0 Å². The van der Waals surface area contributed by atoms with E-state index < -0.39 is 0 Å². The lowest BCUT2D eigenvalue weighted by atomic mass is 10.1. The van der Waals surface area contributed by atoms with Gasteiger partial charge in [-0.15, -0.1) is 0 Å². The minimum Gasteiger partial charge on any atom is -0.330 e. The minimum atomic E-state index is 0.664. The van der Waals surface area contributed by atoms with Gasteiger partial charge in [0.15, 0.2) is 0 Å². The normalized spacial score (nSPS) is 15.9. The minimum absolute atomic E-state index is 0.664. The van der Waals surface area contributed by atoms with Crippen LogP contribution in [0.5, 0.6) is 0 Å². The Bertz CT molecular complexity index is 126. The quantitative estimate of drug-likeness (QED) is 0.676. The van der Waals surface area contributed by atoms with E-state index in [4.69, 9.17) is 5.73 Å². The summed E-state index contributed by atoms with van der Waals surface area (Å²) >= 11 is 1.93. The Morgan fingerprint density at radius 2 is 2.07 bits per heavy atom. The van der Waals surface area contributed by atoms with E-state index in [2.05, 4.69) is 32.1 Å². The molecule has 14 heavy (non-hydrogen) atoms. The summed E-state index contributed by atoms with van der Waals surface area (Å²) in [5.41, 5.74) is 5.70. The van der Waals surface area contributed by atoms with Gasteiger partial charge < -0.3 is 10.6 Å². The standard InChI is InChI=1S/C11H26N2S/c1-5-11(8-12)9-13(3)10(2)6-7-14-4/h10-11H,5-9,12H2,1-4H3. The highest BCUT2D eigenvalue weighted by Crippen LogP contribution is 2.09. The topological polar surface area (TPSA) is 29.3 Å². The first-order valence-electron chi connectivity index (χ1n) is 5.54. The number of hydrogen-bond acceptors (Lipinski definition) is 3. The molecular formula is C11H26N2S. The van der Waals surface area contributed by atoms with E-state index in [1.54, 1.807) is 0 Å². The van der Waals surface area contributed by atoms with E-state index in [0.29, 0.717) is 12.0 Å². The Morgan fingerprint density at radius 3 is 2.50 bits per heavy atom. The molecule has 0 radical (unpaired) electrons. The molecule has 3 heteroatoms. The number of nitrogens with zero attached hydrogens (tertiary/aromatic N) is 1. The van der Waals surface area contributed by atoms with E-state index in [1.165, 1.54) is 18.6 Å². The van der Waals surface area contributed by atoms with Crippen molar-refractivity contribution in [3.63, 3.8) is 0 Å². The van der Waals surface area contributed by atoms with Gasteiger partial charge in [-0.25, -0.2) is 0 Å². The lowest BCUT2D eigenvalue weighted by molar-refractivity contribution is 0.214. The van der Waals surface area contributed by atoms with Gasteiger partial charge in [-0.1, -0.05) is 13.3 Å². The number of thioether (sulfide) groups is 1. The molecule has 0 aromatic heterocycles. The van der Waals surface area contributed by atoms with Gasteiger partial charge in [0.1, 0.15) is 0 Å². The summed E-state index contributed by atoms with van der Waals surface area (Å²) in [4.78, 5) is 2.44. The molecule has 0 amide bonds. The predicted molar refractivity (Wildman–Crippen MR) is 67.9 cm³/mol. The summed E-state index contributed by atoms with van der Waals surface area (Å²) in [7, 11) is 2.21. The van der Waals surface area contributed by atoms with Gasteiger partial charge in [0.25, 0.3) is 0 Å². The third kappa shape index (κ3) is 5.89. The maximum absolute atomic E-state index is 5.70. The molecule has 0 spiro atoms. The maximum Gasteiger partial charge on any atom is 0.00718 e. The third-order valence-corrected chi connectivity index (χ3v) is 3.59. The van der Waals surface area contributed by atoms with Crippen LogP contribution >= 0.6 is 11.8 Å².